The fourth-order valence-electron chi connectivity index (χ4n) is 2.84. The van der Waals surface area contributed by atoms with E-state index in [2.05, 4.69) is 9.98 Å². The Morgan fingerprint density at radius 1 is 1.17 bits per heavy atom. The molecule has 0 aliphatic rings. The van der Waals surface area contributed by atoms with Gasteiger partial charge in [-0.15, -0.1) is 0 Å². The van der Waals surface area contributed by atoms with Crippen LogP contribution in [-0.4, -0.2) is 21.2 Å². The smallest absolute Gasteiger partial charge is 0.312 e. The number of halogens is 1. The zero-order valence-electron chi connectivity index (χ0n) is 15.2. The summed E-state index contributed by atoms with van der Waals surface area (Å²) in [6.07, 6.45) is 1.32. The van der Waals surface area contributed by atoms with Crippen LogP contribution in [0.3, 0.4) is 0 Å². The minimum absolute atomic E-state index is 0.137. The minimum atomic E-state index is -0.699. The number of oxazole rings is 1. The van der Waals surface area contributed by atoms with E-state index in [9.17, 15) is 15.2 Å². The van der Waals surface area contributed by atoms with Crippen LogP contribution in [-0.2, 0) is 0 Å². The van der Waals surface area contributed by atoms with Crippen molar-refractivity contribution in [1.82, 2.24) is 4.98 Å². The molecule has 4 aromatic rings. The summed E-state index contributed by atoms with van der Waals surface area (Å²) in [5.41, 5.74) is 3.67. The first-order chi connectivity index (χ1) is 13.9. The molecule has 29 heavy (non-hydrogen) atoms. The van der Waals surface area contributed by atoms with Crippen LogP contribution in [0.1, 0.15) is 11.1 Å². The van der Waals surface area contributed by atoms with Gasteiger partial charge in [0, 0.05) is 28.4 Å². The quantitative estimate of drug-likeness (QED) is 0.261. The maximum Gasteiger partial charge on any atom is 0.312 e. The molecule has 3 aromatic carbocycles. The second kappa shape index (κ2) is 7.37. The summed E-state index contributed by atoms with van der Waals surface area (Å²) in [5, 5.41) is 21.2. The van der Waals surface area contributed by atoms with Crippen LogP contribution in [0.2, 0.25) is 5.02 Å². The number of nitro benzene ring substituents is 1. The van der Waals surface area contributed by atoms with E-state index in [-0.39, 0.29) is 10.6 Å². The van der Waals surface area contributed by atoms with Gasteiger partial charge >= 0.3 is 5.69 Å². The van der Waals surface area contributed by atoms with Gasteiger partial charge in [-0.25, -0.2) is 4.98 Å². The highest BCUT2D eigenvalue weighted by Crippen LogP contribution is 2.33. The number of nitro groups is 1. The summed E-state index contributed by atoms with van der Waals surface area (Å²) in [5.74, 6) is 0.0192. The van der Waals surface area contributed by atoms with E-state index in [0.29, 0.717) is 17.2 Å². The number of benzene rings is 3. The lowest BCUT2D eigenvalue weighted by Gasteiger charge is -2.02. The van der Waals surface area contributed by atoms with Gasteiger partial charge in [0.1, 0.15) is 5.52 Å². The molecule has 0 unspecified atom stereocenters. The minimum Gasteiger partial charge on any atom is -0.502 e. The number of aromatic nitrogens is 1. The molecule has 0 aliphatic carbocycles. The van der Waals surface area contributed by atoms with Gasteiger partial charge < -0.3 is 9.52 Å². The zero-order valence-corrected chi connectivity index (χ0v) is 15.9. The summed E-state index contributed by atoms with van der Waals surface area (Å²) in [6.45, 7) is 1.99. The lowest BCUT2D eigenvalue weighted by atomic mass is 10.2. The number of rotatable bonds is 4. The van der Waals surface area contributed by atoms with Gasteiger partial charge in [-0.05, 0) is 55.0 Å². The monoisotopic (exact) mass is 407 g/mol. The first-order valence-electron chi connectivity index (χ1n) is 8.59. The maximum absolute atomic E-state index is 11.0. The highest BCUT2D eigenvalue weighted by Gasteiger charge is 2.17. The Morgan fingerprint density at radius 2 is 1.93 bits per heavy atom. The molecule has 0 atom stereocenters. The SMILES string of the molecule is Cc1ccc2oc(-c3ccc(N=Cc4cc(Cl)cc([N+](=O)[O-])c4O)cc3)nc2c1. The number of hydrogen-bond acceptors (Lipinski definition) is 6. The van der Waals surface area contributed by atoms with Crippen molar-refractivity contribution in [3.63, 3.8) is 0 Å². The molecule has 4 rings (SSSR count). The first-order valence-corrected chi connectivity index (χ1v) is 8.97. The number of aryl methyl sites for hydroxylation is 1. The molecule has 144 valence electrons. The van der Waals surface area contributed by atoms with Crippen LogP contribution in [0, 0.1) is 17.0 Å². The number of aliphatic imine (C=N–C) groups is 1. The standard InChI is InChI=1S/C21H14ClN3O4/c1-12-2-7-19-17(8-12)24-21(29-19)13-3-5-16(6-4-13)23-11-14-9-15(22)10-18(20(14)26)25(27)28/h2-11,26H,1H3. The van der Waals surface area contributed by atoms with Crippen LogP contribution in [0.15, 0.2) is 64.0 Å². The van der Waals surface area contributed by atoms with Crippen molar-refractivity contribution in [3.05, 3.63) is 80.9 Å². The Hall–Kier alpha value is -3.71. The van der Waals surface area contributed by atoms with E-state index in [1.54, 1.807) is 12.1 Å². The van der Waals surface area contributed by atoms with E-state index in [1.807, 2.05) is 37.3 Å². The number of nitrogens with zero attached hydrogens (tertiary/aromatic N) is 3. The predicted octanol–water partition coefficient (Wildman–Crippen LogP) is 5.82. The average molecular weight is 408 g/mol. The molecule has 0 amide bonds. The number of phenols is 1. The normalized spacial score (nSPS) is 11.4. The highest BCUT2D eigenvalue weighted by atomic mass is 35.5. The molecule has 7 nitrogen and oxygen atoms in total. The van der Waals surface area contributed by atoms with E-state index >= 15 is 0 Å². The average Bonchev–Trinajstić information content (AvgIpc) is 3.11. The zero-order chi connectivity index (χ0) is 20.5. The largest absolute Gasteiger partial charge is 0.502 e. The molecule has 0 saturated heterocycles. The number of fused-ring (bicyclic) bond motifs is 1. The lowest BCUT2D eigenvalue weighted by Crippen LogP contribution is -1.92. The van der Waals surface area contributed by atoms with Crippen molar-refractivity contribution < 1.29 is 14.4 Å². The molecular weight excluding hydrogens is 394 g/mol. The summed E-state index contributed by atoms with van der Waals surface area (Å²) in [4.78, 5) is 19.0. The van der Waals surface area contributed by atoms with Gasteiger partial charge in [0.25, 0.3) is 0 Å². The fraction of sp³-hybridized carbons (Fsp3) is 0.0476. The van der Waals surface area contributed by atoms with E-state index in [0.717, 1.165) is 22.7 Å². The molecule has 0 bridgehead atoms. The van der Waals surface area contributed by atoms with Crippen molar-refractivity contribution in [2.45, 2.75) is 6.92 Å². The number of aromatic hydroxyl groups is 1. The summed E-state index contributed by atoms with van der Waals surface area (Å²) in [6, 6.07) is 15.4. The molecule has 0 radical (unpaired) electrons. The molecule has 1 heterocycles. The topological polar surface area (TPSA) is 102 Å². The molecule has 1 aromatic heterocycles. The fourth-order valence-corrected chi connectivity index (χ4v) is 3.06. The Balaban J connectivity index is 1.60. The predicted molar refractivity (Wildman–Crippen MR) is 111 cm³/mol. The van der Waals surface area contributed by atoms with Crippen LogP contribution in [0.5, 0.6) is 5.75 Å². The van der Waals surface area contributed by atoms with Gasteiger partial charge in [-0.3, -0.25) is 15.1 Å². The van der Waals surface area contributed by atoms with Crippen molar-refractivity contribution in [3.8, 4) is 17.2 Å². The Bertz CT molecular complexity index is 1260. The van der Waals surface area contributed by atoms with Crippen molar-refractivity contribution in [2.24, 2.45) is 4.99 Å². The van der Waals surface area contributed by atoms with Crippen molar-refractivity contribution in [2.75, 3.05) is 0 Å². The van der Waals surface area contributed by atoms with Gasteiger partial charge in [-0.2, -0.15) is 0 Å². The van der Waals surface area contributed by atoms with Gasteiger partial charge in [0.05, 0.1) is 10.6 Å². The molecule has 8 heteroatoms. The van der Waals surface area contributed by atoms with Gasteiger partial charge in [0.2, 0.25) is 11.6 Å². The van der Waals surface area contributed by atoms with E-state index in [1.165, 1.54) is 12.3 Å². The van der Waals surface area contributed by atoms with Crippen LogP contribution in [0.25, 0.3) is 22.6 Å². The third-order valence-corrected chi connectivity index (χ3v) is 4.51. The highest BCUT2D eigenvalue weighted by molar-refractivity contribution is 6.31. The molecule has 0 spiro atoms. The van der Waals surface area contributed by atoms with Crippen molar-refractivity contribution in [1.29, 1.82) is 0 Å². The Morgan fingerprint density at radius 3 is 2.66 bits per heavy atom. The van der Waals surface area contributed by atoms with Crippen LogP contribution in [0.4, 0.5) is 11.4 Å². The summed E-state index contributed by atoms with van der Waals surface area (Å²) in [7, 11) is 0. The second-order valence-corrected chi connectivity index (χ2v) is 6.85. The van der Waals surface area contributed by atoms with E-state index in [4.69, 9.17) is 16.0 Å². The van der Waals surface area contributed by atoms with Crippen LogP contribution >= 0.6 is 11.6 Å². The van der Waals surface area contributed by atoms with Crippen LogP contribution < -0.4 is 0 Å². The first kappa shape index (κ1) is 18.6. The number of hydrogen-bond donors (Lipinski definition) is 1. The summed E-state index contributed by atoms with van der Waals surface area (Å²) >= 11 is 5.89. The molecule has 0 aliphatic heterocycles. The van der Waals surface area contributed by atoms with E-state index < -0.39 is 16.4 Å². The Labute approximate surface area is 170 Å². The molecule has 1 N–H and O–H groups in total. The number of phenolic OH excluding ortho intramolecular Hbond substituents is 1. The molecule has 0 fully saturated rings. The summed E-state index contributed by atoms with van der Waals surface area (Å²) < 4.78 is 5.78. The van der Waals surface area contributed by atoms with Crippen molar-refractivity contribution >= 4 is 40.3 Å². The Kier molecular flexibility index (Phi) is 4.74. The van der Waals surface area contributed by atoms with Gasteiger partial charge in [0.15, 0.2) is 5.58 Å². The third kappa shape index (κ3) is 3.81. The second-order valence-electron chi connectivity index (χ2n) is 6.42. The molecule has 0 saturated carbocycles. The van der Waals surface area contributed by atoms with Gasteiger partial charge in [-0.1, -0.05) is 17.7 Å². The maximum atomic E-state index is 11.0. The molecular formula is C21H14ClN3O4. The third-order valence-electron chi connectivity index (χ3n) is 4.29. The lowest BCUT2D eigenvalue weighted by molar-refractivity contribution is -0.385.